The predicted octanol–water partition coefficient (Wildman–Crippen LogP) is 3.21. The molecule has 3 aromatic rings. The van der Waals surface area contributed by atoms with Crippen molar-refractivity contribution in [2.24, 2.45) is 0 Å². The standard InChI is InChI=1S/C20H22N4O2/c1-13(26)22-16-7-5-4-6-15(16)19-23-17-9-8-14(10-18(17)24-19)20(2,3)11-21-12-25/h4-10,12H,11H2,1-3H3,(H,21,25)(H,22,26)(H,23,24). The van der Waals surface area contributed by atoms with Crippen molar-refractivity contribution in [3.8, 4) is 11.4 Å². The second kappa shape index (κ2) is 7.00. The summed E-state index contributed by atoms with van der Waals surface area (Å²) in [5.74, 6) is 0.575. The van der Waals surface area contributed by atoms with Gasteiger partial charge < -0.3 is 15.6 Å². The number of amides is 2. The van der Waals surface area contributed by atoms with Crippen LogP contribution in [0.1, 0.15) is 26.3 Å². The van der Waals surface area contributed by atoms with Crippen LogP contribution in [-0.2, 0) is 15.0 Å². The number of rotatable bonds is 6. The van der Waals surface area contributed by atoms with E-state index in [9.17, 15) is 9.59 Å². The van der Waals surface area contributed by atoms with Gasteiger partial charge in [0.05, 0.1) is 16.7 Å². The summed E-state index contributed by atoms with van der Waals surface area (Å²) in [4.78, 5) is 30.0. The van der Waals surface area contributed by atoms with Crippen molar-refractivity contribution in [3.05, 3.63) is 48.0 Å². The van der Waals surface area contributed by atoms with E-state index in [2.05, 4.69) is 40.5 Å². The van der Waals surface area contributed by atoms with E-state index in [1.807, 2.05) is 36.4 Å². The molecule has 0 fully saturated rings. The number of aromatic amines is 1. The normalized spacial score (nSPS) is 11.3. The molecule has 6 nitrogen and oxygen atoms in total. The van der Waals surface area contributed by atoms with E-state index in [4.69, 9.17) is 0 Å². The number of fused-ring (bicyclic) bond motifs is 1. The lowest BCUT2D eigenvalue weighted by Crippen LogP contribution is -2.32. The Morgan fingerprint density at radius 1 is 1.23 bits per heavy atom. The SMILES string of the molecule is CC(=O)Nc1ccccc1-c1nc2ccc(C(C)(C)CNC=O)cc2[nH]1. The first-order chi connectivity index (χ1) is 12.4. The van der Waals surface area contributed by atoms with Crippen LogP contribution in [0.15, 0.2) is 42.5 Å². The number of para-hydroxylation sites is 1. The summed E-state index contributed by atoms with van der Waals surface area (Å²) < 4.78 is 0. The van der Waals surface area contributed by atoms with Gasteiger partial charge in [-0.3, -0.25) is 9.59 Å². The molecule has 134 valence electrons. The minimum Gasteiger partial charge on any atom is -0.358 e. The van der Waals surface area contributed by atoms with Crippen LogP contribution in [0.25, 0.3) is 22.4 Å². The van der Waals surface area contributed by atoms with Gasteiger partial charge in [-0.1, -0.05) is 32.0 Å². The van der Waals surface area contributed by atoms with Crippen LogP contribution < -0.4 is 10.6 Å². The maximum atomic E-state index is 11.4. The van der Waals surface area contributed by atoms with Crippen molar-refractivity contribution in [2.75, 3.05) is 11.9 Å². The van der Waals surface area contributed by atoms with Crippen LogP contribution >= 0.6 is 0 Å². The molecule has 3 rings (SSSR count). The number of hydrogen-bond acceptors (Lipinski definition) is 3. The number of anilines is 1. The van der Waals surface area contributed by atoms with Gasteiger partial charge in [-0.25, -0.2) is 4.98 Å². The van der Waals surface area contributed by atoms with Gasteiger partial charge >= 0.3 is 0 Å². The molecule has 0 saturated heterocycles. The number of nitrogens with zero attached hydrogens (tertiary/aromatic N) is 1. The van der Waals surface area contributed by atoms with Gasteiger partial charge in [-0.15, -0.1) is 0 Å². The smallest absolute Gasteiger partial charge is 0.221 e. The Kier molecular flexibility index (Phi) is 4.75. The van der Waals surface area contributed by atoms with E-state index in [1.165, 1.54) is 6.92 Å². The number of benzene rings is 2. The number of carbonyl (C=O) groups excluding carboxylic acids is 2. The predicted molar refractivity (Wildman–Crippen MR) is 103 cm³/mol. The Morgan fingerprint density at radius 3 is 2.73 bits per heavy atom. The summed E-state index contributed by atoms with van der Waals surface area (Å²) in [6, 6.07) is 13.6. The van der Waals surface area contributed by atoms with Crippen LogP contribution in [0.2, 0.25) is 0 Å². The summed E-state index contributed by atoms with van der Waals surface area (Å²) >= 11 is 0. The van der Waals surface area contributed by atoms with Gasteiger partial charge in [-0.2, -0.15) is 0 Å². The van der Waals surface area contributed by atoms with E-state index in [1.54, 1.807) is 0 Å². The maximum Gasteiger partial charge on any atom is 0.221 e. The van der Waals surface area contributed by atoms with Crippen LogP contribution in [-0.4, -0.2) is 28.8 Å². The molecule has 26 heavy (non-hydrogen) atoms. The number of carbonyl (C=O) groups is 2. The van der Waals surface area contributed by atoms with E-state index < -0.39 is 0 Å². The molecule has 0 aliphatic heterocycles. The van der Waals surface area contributed by atoms with Crippen LogP contribution in [0.3, 0.4) is 0 Å². The van der Waals surface area contributed by atoms with Gasteiger partial charge in [0.25, 0.3) is 0 Å². The summed E-state index contributed by atoms with van der Waals surface area (Å²) in [5, 5.41) is 5.58. The third kappa shape index (κ3) is 3.59. The zero-order valence-electron chi connectivity index (χ0n) is 15.1. The van der Waals surface area contributed by atoms with E-state index >= 15 is 0 Å². The van der Waals surface area contributed by atoms with Gasteiger partial charge in [0.15, 0.2) is 0 Å². The van der Waals surface area contributed by atoms with E-state index in [0.717, 1.165) is 27.8 Å². The minimum absolute atomic E-state index is 0.125. The summed E-state index contributed by atoms with van der Waals surface area (Å²) in [7, 11) is 0. The average Bonchev–Trinajstić information content (AvgIpc) is 3.03. The highest BCUT2D eigenvalue weighted by Gasteiger charge is 2.21. The number of imidazole rings is 1. The molecular weight excluding hydrogens is 328 g/mol. The fraction of sp³-hybridized carbons (Fsp3) is 0.250. The van der Waals surface area contributed by atoms with Crippen LogP contribution in [0.5, 0.6) is 0 Å². The highest BCUT2D eigenvalue weighted by molar-refractivity contribution is 5.94. The second-order valence-corrected chi connectivity index (χ2v) is 6.93. The molecule has 0 atom stereocenters. The molecule has 2 amide bonds. The second-order valence-electron chi connectivity index (χ2n) is 6.93. The molecule has 1 aromatic heterocycles. The summed E-state index contributed by atoms with van der Waals surface area (Å²) in [6.45, 7) is 6.19. The largest absolute Gasteiger partial charge is 0.358 e. The Labute approximate surface area is 152 Å². The fourth-order valence-corrected chi connectivity index (χ4v) is 2.95. The molecule has 6 heteroatoms. The first-order valence-corrected chi connectivity index (χ1v) is 8.45. The number of hydrogen-bond donors (Lipinski definition) is 3. The maximum absolute atomic E-state index is 11.4. The van der Waals surface area contributed by atoms with Crippen LogP contribution in [0, 0.1) is 0 Å². The number of nitrogens with one attached hydrogen (secondary N) is 3. The number of aromatic nitrogens is 2. The van der Waals surface area contributed by atoms with Crippen molar-refractivity contribution in [3.63, 3.8) is 0 Å². The van der Waals surface area contributed by atoms with Crippen molar-refractivity contribution in [1.82, 2.24) is 15.3 Å². The van der Waals surface area contributed by atoms with Gasteiger partial charge in [0.1, 0.15) is 5.82 Å². The van der Waals surface area contributed by atoms with Gasteiger partial charge in [-0.05, 0) is 29.8 Å². The molecule has 0 spiro atoms. The summed E-state index contributed by atoms with van der Waals surface area (Å²) in [5.41, 5.74) is 4.21. The topological polar surface area (TPSA) is 86.9 Å². The van der Waals surface area contributed by atoms with Crippen molar-refractivity contribution >= 4 is 29.0 Å². The monoisotopic (exact) mass is 350 g/mol. The highest BCUT2D eigenvalue weighted by Crippen LogP contribution is 2.30. The lowest BCUT2D eigenvalue weighted by Gasteiger charge is -2.24. The Morgan fingerprint density at radius 2 is 2.00 bits per heavy atom. The Bertz CT molecular complexity index is 959. The quantitative estimate of drug-likeness (QED) is 0.597. The Hall–Kier alpha value is -3.15. The molecule has 0 unspecified atom stereocenters. The fourth-order valence-electron chi connectivity index (χ4n) is 2.95. The molecule has 3 N–H and O–H groups in total. The molecule has 0 aliphatic carbocycles. The van der Waals surface area contributed by atoms with E-state index in [0.29, 0.717) is 18.8 Å². The Balaban J connectivity index is 2.01. The molecule has 0 radical (unpaired) electrons. The first kappa shape index (κ1) is 17.7. The lowest BCUT2D eigenvalue weighted by molar-refractivity contribution is -0.114. The number of H-pyrrole nitrogens is 1. The van der Waals surface area contributed by atoms with Crippen molar-refractivity contribution < 1.29 is 9.59 Å². The minimum atomic E-state index is -0.200. The average molecular weight is 350 g/mol. The first-order valence-electron chi connectivity index (χ1n) is 8.45. The molecule has 0 bridgehead atoms. The lowest BCUT2D eigenvalue weighted by atomic mass is 9.84. The molecular formula is C20H22N4O2. The highest BCUT2D eigenvalue weighted by atomic mass is 16.1. The van der Waals surface area contributed by atoms with Crippen molar-refractivity contribution in [2.45, 2.75) is 26.2 Å². The van der Waals surface area contributed by atoms with Gasteiger partial charge in [0.2, 0.25) is 12.3 Å². The molecule has 0 saturated carbocycles. The van der Waals surface area contributed by atoms with E-state index in [-0.39, 0.29) is 11.3 Å². The van der Waals surface area contributed by atoms with Crippen molar-refractivity contribution in [1.29, 1.82) is 0 Å². The van der Waals surface area contributed by atoms with Gasteiger partial charge in [0, 0.05) is 24.4 Å². The third-order valence-electron chi connectivity index (χ3n) is 4.38. The molecule has 0 aliphatic rings. The molecule has 2 aromatic carbocycles. The zero-order chi connectivity index (χ0) is 18.7. The third-order valence-corrected chi connectivity index (χ3v) is 4.38. The summed E-state index contributed by atoms with van der Waals surface area (Å²) in [6.07, 6.45) is 0.716. The zero-order valence-corrected chi connectivity index (χ0v) is 15.1. The molecule has 1 heterocycles. The van der Waals surface area contributed by atoms with Crippen LogP contribution in [0.4, 0.5) is 5.69 Å².